The molecule has 13 heavy (non-hydrogen) atoms. The average molecular weight is 195 g/mol. The van der Waals surface area contributed by atoms with Crippen LogP contribution in [0.25, 0.3) is 0 Å². The third kappa shape index (κ3) is 1.60. The largest absolute Gasteiger partial charge is 0.476 e. The van der Waals surface area contributed by atoms with Gasteiger partial charge in [0, 0.05) is 7.05 Å². The van der Waals surface area contributed by atoms with Crippen molar-refractivity contribution in [3.63, 3.8) is 0 Å². The van der Waals surface area contributed by atoms with Crippen LogP contribution in [0, 0.1) is 0 Å². The molecule has 0 saturated carbocycles. The van der Waals surface area contributed by atoms with Crippen LogP contribution in [-0.4, -0.2) is 26.1 Å². The second-order valence-electron chi connectivity index (χ2n) is 2.21. The van der Waals surface area contributed by atoms with Gasteiger partial charge in [0.05, 0.1) is 0 Å². The fourth-order valence-corrected chi connectivity index (χ4v) is 0.819. The van der Waals surface area contributed by atoms with E-state index < -0.39 is 23.5 Å². The summed E-state index contributed by atoms with van der Waals surface area (Å²) in [6, 6.07) is 0. The lowest BCUT2D eigenvalue weighted by Gasteiger charge is -2.05. The van der Waals surface area contributed by atoms with Crippen LogP contribution < -0.4 is 0 Å². The van der Waals surface area contributed by atoms with Crippen molar-refractivity contribution >= 4 is 5.97 Å². The van der Waals surface area contributed by atoms with E-state index in [1.54, 1.807) is 0 Å². The molecule has 1 rings (SSSR count). The number of hydrogen-bond donors (Lipinski definition) is 1. The maximum absolute atomic E-state index is 12.1. The summed E-state index contributed by atoms with van der Waals surface area (Å²) in [5.74, 6) is -1.75. The van der Waals surface area contributed by atoms with Gasteiger partial charge in [-0.25, -0.2) is 9.48 Å². The average Bonchev–Trinajstić information content (AvgIpc) is 2.28. The van der Waals surface area contributed by atoms with Gasteiger partial charge in [0.15, 0.2) is 5.69 Å². The van der Waals surface area contributed by atoms with E-state index in [2.05, 4.69) is 10.3 Å². The van der Waals surface area contributed by atoms with Gasteiger partial charge in [-0.3, -0.25) is 0 Å². The van der Waals surface area contributed by atoms with E-state index in [9.17, 15) is 18.0 Å². The zero-order valence-corrected chi connectivity index (χ0v) is 6.33. The van der Waals surface area contributed by atoms with Gasteiger partial charge in [-0.2, -0.15) is 13.2 Å². The molecule has 0 aliphatic heterocycles. The van der Waals surface area contributed by atoms with Crippen molar-refractivity contribution in [2.45, 2.75) is 6.18 Å². The molecule has 0 aliphatic carbocycles. The van der Waals surface area contributed by atoms with Crippen molar-refractivity contribution < 1.29 is 23.1 Å². The normalized spacial score (nSPS) is 11.7. The Morgan fingerprint density at radius 2 is 2.08 bits per heavy atom. The topological polar surface area (TPSA) is 68.0 Å². The lowest BCUT2D eigenvalue weighted by Crippen LogP contribution is -2.16. The second-order valence-corrected chi connectivity index (χ2v) is 2.21. The molecule has 1 heterocycles. The van der Waals surface area contributed by atoms with Crippen molar-refractivity contribution in [1.82, 2.24) is 15.0 Å². The van der Waals surface area contributed by atoms with Gasteiger partial charge in [-0.15, -0.1) is 5.10 Å². The van der Waals surface area contributed by atoms with Crippen LogP contribution in [0.5, 0.6) is 0 Å². The van der Waals surface area contributed by atoms with Crippen LogP contribution in [0.1, 0.15) is 16.2 Å². The summed E-state index contributed by atoms with van der Waals surface area (Å²) in [6.07, 6.45) is -4.76. The molecule has 0 aromatic carbocycles. The first kappa shape index (κ1) is 9.49. The number of rotatable bonds is 1. The van der Waals surface area contributed by atoms with Gasteiger partial charge in [-0.05, 0) is 0 Å². The van der Waals surface area contributed by atoms with Gasteiger partial charge in [0.2, 0.25) is 5.69 Å². The molecule has 1 aromatic heterocycles. The maximum Gasteiger partial charge on any atom is 0.435 e. The van der Waals surface area contributed by atoms with Crippen molar-refractivity contribution in [2.24, 2.45) is 7.05 Å². The van der Waals surface area contributed by atoms with Crippen LogP contribution in [0.3, 0.4) is 0 Å². The number of alkyl halides is 3. The first-order valence-corrected chi connectivity index (χ1v) is 3.04. The number of nitrogens with zero attached hydrogens (tertiary/aromatic N) is 3. The highest BCUT2D eigenvalue weighted by molar-refractivity contribution is 5.86. The number of hydrogen-bond acceptors (Lipinski definition) is 3. The van der Waals surface area contributed by atoms with Crippen molar-refractivity contribution in [2.75, 3.05) is 0 Å². The molecule has 0 saturated heterocycles. The Morgan fingerprint density at radius 1 is 1.54 bits per heavy atom. The number of aromatic nitrogens is 3. The molecule has 0 radical (unpaired) electrons. The molecule has 0 bridgehead atoms. The highest BCUT2D eigenvalue weighted by Crippen LogP contribution is 2.30. The Bertz CT molecular complexity index is 343. The molecule has 1 aromatic rings. The first-order chi connectivity index (χ1) is 5.84. The summed E-state index contributed by atoms with van der Waals surface area (Å²) < 4.78 is 36.8. The smallest absolute Gasteiger partial charge is 0.435 e. The molecule has 72 valence electrons. The van der Waals surface area contributed by atoms with Crippen LogP contribution in [-0.2, 0) is 13.2 Å². The van der Waals surface area contributed by atoms with Crippen molar-refractivity contribution in [3.05, 3.63) is 11.4 Å². The second kappa shape index (κ2) is 2.71. The van der Waals surface area contributed by atoms with Crippen LogP contribution in [0.4, 0.5) is 13.2 Å². The van der Waals surface area contributed by atoms with E-state index in [4.69, 9.17) is 5.11 Å². The lowest BCUT2D eigenvalue weighted by atomic mass is 10.3. The van der Waals surface area contributed by atoms with E-state index in [0.29, 0.717) is 4.68 Å². The molecule has 0 atom stereocenters. The fourth-order valence-electron chi connectivity index (χ4n) is 0.819. The molecule has 1 N–H and O–H groups in total. The number of aryl methyl sites for hydroxylation is 1. The van der Waals surface area contributed by atoms with Crippen LogP contribution in [0.2, 0.25) is 0 Å². The zero-order chi connectivity index (χ0) is 10.2. The predicted octanol–water partition coefficient (Wildman–Crippen LogP) is 0.532. The summed E-state index contributed by atoms with van der Waals surface area (Å²) in [5.41, 5.74) is -2.45. The number of aromatic carboxylic acids is 1. The SMILES string of the molecule is Cn1nnc(C(=O)O)c1C(F)(F)F. The summed E-state index contributed by atoms with van der Waals surface area (Å²) in [7, 11) is 0.974. The molecule has 0 unspecified atom stereocenters. The zero-order valence-electron chi connectivity index (χ0n) is 6.33. The van der Waals surface area contributed by atoms with Gasteiger partial charge in [0.25, 0.3) is 0 Å². The Balaban J connectivity index is 3.33. The number of carbonyl (C=O) groups is 1. The molecule has 8 heteroatoms. The van der Waals surface area contributed by atoms with Gasteiger partial charge in [0.1, 0.15) is 0 Å². The Labute approximate surface area is 69.8 Å². The van der Waals surface area contributed by atoms with Crippen molar-refractivity contribution in [1.29, 1.82) is 0 Å². The number of carboxylic acid groups (broad SMARTS) is 1. The third-order valence-corrected chi connectivity index (χ3v) is 1.30. The summed E-state index contributed by atoms with van der Waals surface area (Å²) in [4.78, 5) is 10.3. The van der Waals surface area contributed by atoms with Crippen LogP contribution >= 0.6 is 0 Å². The maximum atomic E-state index is 12.1. The predicted molar refractivity (Wildman–Crippen MR) is 33.0 cm³/mol. The quantitative estimate of drug-likeness (QED) is 0.709. The highest BCUT2D eigenvalue weighted by atomic mass is 19.4. The van der Waals surface area contributed by atoms with E-state index >= 15 is 0 Å². The summed E-state index contributed by atoms with van der Waals surface area (Å²) in [6.45, 7) is 0. The minimum Gasteiger partial charge on any atom is -0.476 e. The minimum absolute atomic E-state index is 0.378. The van der Waals surface area contributed by atoms with Gasteiger partial charge < -0.3 is 5.11 Å². The molecule has 5 nitrogen and oxygen atoms in total. The highest BCUT2D eigenvalue weighted by Gasteiger charge is 2.40. The van der Waals surface area contributed by atoms with E-state index in [0.717, 1.165) is 7.05 Å². The Hall–Kier alpha value is -1.60. The van der Waals surface area contributed by atoms with Crippen LogP contribution in [0.15, 0.2) is 0 Å². The Morgan fingerprint density at radius 3 is 2.38 bits per heavy atom. The van der Waals surface area contributed by atoms with E-state index in [1.807, 2.05) is 0 Å². The van der Waals surface area contributed by atoms with E-state index in [1.165, 1.54) is 0 Å². The molecule has 0 fully saturated rings. The number of carboxylic acids is 1. The molecular formula is C5H4F3N3O2. The third-order valence-electron chi connectivity index (χ3n) is 1.30. The minimum atomic E-state index is -4.76. The van der Waals surface area contributed by atoms with Gasteiger partial charge in [-0.1, -0.05) is 5.21 Å². The molecular weight excluding hydrogens is 191 g/mol. The van der Waals surface area contributed by atoms with Crippen molar-refractivity contribution in [3.8, 4) is 0 Å². The summed E-state index contributed by atoms with van der Waals surface area (Å²) >= 11 is 0. The standard InChI is InChI=1S/C5H4F3N3O2/c1-11-3(5(6,7)8)2(4(12)13)9-10-11/h1H3,(H,12,13). The lowest BCUT2D eigenvalue weighted by molar-refractivity contribution is -0.144. The monoisotopic (exact) mass is 195 g/mol. The molecule has 0 aliphatic rings. The molecule has 0 spiro atoms. The number of halogens is 3. The molecule has 0 amide bonds. The summed E-state index contributed by atoms with van der Waals surface area (Å²) in [5, 5.41) is 14.2. The Kier molecular flexibility index (Phi) is 1.98. The fraction of sp³-hybridized carbons (Fsp3) is 0.400. The van der Waals surface area contributed by atoms with E-state index in [-0.39, 0.29) is 0 Å². The first-order valence-electron chi connectivity index (χ1n) is 3.04. The van der Waals surface area contributed by atoms with Gasteiger partial charge >= 0.3 is 12.1 Å².